The fourth-order valence-electron chi connectivity index (χ4n) is 2.50. The molecule has 0 spiro atoms. The van der Waals surface area contributed by atoms with Crippen molar-refractivity contribution in [3.63, 3.8) is 0 Å². The number of hydrogen-bond acceptors (Lipinski definition) is 3. The summed E-state index contributed by atoms with van der Waals surface area (Å²) in [4.78, 5) is 4.20. The summed E-state index contributed by atoms with van der Waals surface area (Å²) in [7, 11) is 0. The van der Waals surface area contributed by atoms with Gasteiger partial charge in [0.15, 0.2) is 0 Å². The third-order valence-corrected chi connectivity index (χ3v) is 4.23. The molecule has 4 nitrogen and oxygen atoms in total. The predicted octanol–water partition coefficient (Wildman–Crippen LogP) is 6.20. The fraction of sp³-hybridized carbons (Fsp3) is 0.158. The Hall–Kier alpha value is -2.94. The molecule has 0 unspecified atom stereocenters. The van der Waals surface area contributed by atoms with Crippen molar-refractivity contribution in [2.24, 2.45) is 4.99 Å². The lowest BCUT2D eigenvalue weighted by molar-refractivity contribution is -0.137. The number of halogens is 6. The van der Waals surface area contributed by atoms with Gasteiger partial charge in [-0.05, 0) is 49.4 Å². The Kier molecular flexibility index (Phi) is 5.88. The van der Waals surface area contributed by atoms with Crippen molar-refractivity contribution in [3.8, 4) is 11.4 Å². The number of alkyl halides is 5. The van der Waals surface area contributed by atoms with Gasteiger partial charge in [-0.2, -0.15) is 27.1 Å². The molecular formula is C19H13ClF5N3O. The van der Waals surface area contributed by atoms with Gasteiger partial charge in [-0.3, -0.25) is 4.99 Å². The third-order valence-electron chi connectivity index (χ3n) is 3.87. The maximum absolute atomic E-state index is 12.9. The van der Waals surface area contributed by atoms with Crippen molar-refractivity contribution in [1.29, 1.82) is 0 Å². The molecule has 10 heteroatoms. The van der Waals surface area contributed by atoms with Crippen molar-refractivity contribution in [2.75, 3.05) is 0 Å². The summed E-state index contributed by atoms with van der Waals surface area (Å²) in [5, 5.41) is 4.27. The van der Waals surface area contributed by atoms with Crippen LogP contribution in [0.4, 0.5) is 27.6 Å². The third kappa shape index (κ3) is 4.92. The van der Waals surface area contributed by atoms with E-state index in [2.05, 4.69) is 14.8 Å². The van der Waals surface area contributed by atoms with Gasteiger partial charge in [0, 0.05) is 6.21 Å². The average molecular weight is 430 g/mol. The lowest BCUT2D eigenvalue weighted by Crippen LogP contribution is -2.06. The average Bonchev–Trinajstić information content (AvgIpc) is 2.94. The van der Waals surface area contributed by atoms with Crippen LogP contribution in [0.1, 0.15) is 16.8 Å². The van der Waals surface area contributed by atoms with Crippen LogP contribution >= 0.6 is 11.6 Å². The molecule has 0 aliphatic carbocycles. The smallest absolute Gasteiger partial charge is 0.416 e. The van der Waals surface area contributed by atoms with Crippen molar-refractivity contribution < 1.29 is 26.7 Å². The highest BCUT2D eigenvalue weighted by molar-refractivity contribution is 6.32. The van der Waals surface area contributed by atoms with E-state index in [4.69, 9.17) is 11.6 Å². The SMILES string of the molecule is Cc1nn(-c2cccc(C(F)(F)F)c2)c(Cl)c1C=Nc1ccc(OC(F)F)cc1. The molecule has 3 rings (SSSR count). The zero-order valence-corrected chi connectivity index (χ0v) is 15.5. The standard InChI is InChI=1S/C19H13ClF5N3O/c1-11-16(10-26-13-5-7-15(8-6-13)29-18(21)22)17(20)28(27-11)14-4-2-3-12(9-14)19(23,24)25/h2-10,18H,1H3. The molecule has 0 aliphatic rings. The molecule has 3 aromatic rings. The van der Waals surface area contributed by atoms with Crippen molar-refractivity contribution in [1.82, 2.24) is 9.78 Å². The van der Waals surface area contributed by atoms with Crippen LogP contribution in [0, 0.1) is 6.92 Å². The molecule has 0 fully saturated rings. The second-order valence-electron chi connectivity index (χ2n) is 5.88. The largest absolute Gasteiger partial charge is 0.435 e. The van der Waals surface area contributed by atoms with E-state index >= 15 is 0 Å². The number of benzene rings is 2. The summed E-state index contributed by atoms with van der Waals surface area (Å²) >= 11 is 6.30. The van der Waals surface area contributed by atoms with Crippen molar-refractivity contribution in [2.45, 2.75) is 19.7 Å². The highest BCUT2D eigenvalue weighted by Crippen LogP contribution is 2.31. The zero-order valence-electron chi connectivity index (χ0n) is 14.8. The van der Waals surface area contributed by atoms with Crippen LogP contribution < -0.4 is 4.74 Å². The number of aryl methyl sites for hydroxylation is 1. The number of ether oxygens (including phenoxy) is 1. The summed E-state index contributed by atoms with van der Waals surface area (Å²) in [6.07, 6.45) is -3.09. The summed E-state index contributed by atoms with van der Waals surface area (Å²) in [6.45, 7) is -1.29. The second kappa shape index (κ2) is 8.20. The monoisotopic (exact) mass is 429 g/mol. The molecule has 0 radical (unpaired) electrons. The molecule has 0 aliphatic heterocycles. The molecule has 152 valence electrons. The van der Waals surface area contributed by atoms with E-state index in [0.717, 1.165) is 12.1 Å². The Bertz CT molecular complexity index is 1030. The van der Waals surface area contributed by atoms with Gasteiger partial charge >= 0.3 is 12.8 Å². The summed E-state index contributed by atoms with van der Waals surface area (Å²) in [5.74, 6) is -0.00877. The van der Waals surface area contributed by atoms with E-state index in [1.807, 2.05) is 0 Å². The number of aliphatic imine (C=N–C) groups is 1. The minimum Gasteiger partial charge on any atom is -0.435 e. The molecule has 0 N–H and O–H groups in total. The Labute approximate surface area is 167 Å². The lowest BCUT2D eigenvalue weighted by atomic mass is 10.2. The normalized spacial score (nSPS) is 12.1. The zero-order chi connectivity index (χ0) is 21.2. The predicted molar refractivity (Wildman–Crippen MR) is 98.6 cm³/mol. The number of rotatable bonds is 5. The Balaban J connectivity index is 1.87. The molecule has 1 aromatic heterocycles. The Morgan fingerprint density at radius 1 is 1.14 bits per heavy atom. The first-order chi connectivity index (χ1) is 13.6. The van der Waals surface area contributed by atoms with Crippen LogP contribution in [0.3, 0.4) is 0 Å². The van der Waals surface area contributed by atoms with Gasteiger partial charge in [0.05, 0.1) is 28.2 Å². The van der Waals surface area contributed by atoms with Crippen molar-refractivity contribution >= 4 is 23.5 Å². The topological polar surface area (TPSA) is 39.4 Å². The molecule has 0 atom stereocenters. The van der Waals surface area contributed by atoms with Gasteiger partial charge in [0.1, 0.15) is 10.9 Å². The van der Waals surface area contributed by atoms with Gasteiger partial charge < -0.3 is 4.74 Å². The first-order valence-corrected chi connectivity index (χ1v) is 8.54. The van der Waals surface area contributed by atoms with Gasteiger partial charge in [-0.25, -0.2) is 4.68 Å². The molecule has 29 heavy (non-hydrogen) atoms. The molecule has 0 bridgehead atoms. The van der Waals surface area contributed by atoms with Gasteiger partial charge in [0.25, 0.3) is 0 Å². The summed E-state index contributed by atoms with van der Waals surface area (Å²) < 4.78 is 68.6. The van der Waals surface area contributed by atoms with E-state index in [0.29, 0.717) is 16.9 Å². The van der Waals surface area contributed by atoms with Crippen LogP contribution in [-0.2, 0) is 6.18 Å². The molecule has 2 aromatic carbocycles. The lowest BCUT2D eigenvalue weighted by Gasteiger charge is -2.09. The van der Waals surface area contributed by atoms with E-state index in [-0.39, 0.29) is 16.6 Å². The second-order valence-corrected chi connectivity index (χ2v) is 6.24. The van der Waals surface area contributed by atoms with Gasteiger partial charge in [0.2, 0.25) is 0 Å². The van der Waals surface area contributed by atoms with E-state index in [1.165, 1.54) is 47.3 Å². The Morgan fingerprint density at radius 3 is 2.45 bits per heavy atom. The first-order valence-electron chi connectivity index (χ1n) is 8.17. The maximum atomic E-state index is 12.9. The van der Waals surface area contributed by atoms with Crippen LogP contribution in [0.25, 0.3) is 5.69 Å². The maximum Gasteiger partial charge on any atom is 0.416 e. The summed E-state index contributed by atoms with van der Waals surface area (Å²) in [5.41, 5.74) is 0.640. The quantitative estimate of drug-likeness (QED) is 0.357. The fourth-order valence-corrected chi connectivity index (χ4v) is 2.82. The number of hydrogen-bond donors (Lipinski definition) is 0. The van der Waals surface area contributed by atoms with E-state index in [9.17, 15) is 22.0 Å². The molecule has 0 amide bonds. The molecule has 0 saturated carbocycles. The molecular weight excluding hydrogens is 417 g/mol. The van der Waals surface area contributed by atoms with Crippen LogP contribution in [-0.4, -0.2) is 22.6 Å². The Morgan fingerprint density at radius 2 is 1.83 bits per heavy atom. The minimum absolute atomic E-state index is 0.00877. The molecule has 0 saturated heterocycles. The van der Waals surface area contributed by atoms with Crippen molar-refractivity contribution in [3.05, 3.63) is 70.5 Å². The van der Waals surface area contributed by atoms with Gasteiger partial charge in [-0.15, -0.1) is 0 Å². The van der Waals surface area contributed by atoms with E-state index < -0.39 is 18.4 Å². The van der Waals surface area contributed by atoms with Crippen LogP contribution in [0.5, 0.6) is 5.75 Å². The number of aromatic nitrogens is 2. The summed E-state index contributed by atoms with van der Waals surface area (Å²) in [6, 6.07) is 10.2. The highest BCUT2D eigenvalue weighted by Gasteiger charge is 2.30. The number of nitrogens with zero attached hydrogens (tertiary/aromatic N) is 3. The highest BCUT2D eigenvalue weighted by atomic mass is 35.5. The van der Waals surface area contributed by atoms with E-state index in [1.54, 1.807) is 6.92 Å². The minimum atomic E-state index is -4.49. The first kappa shape index (κ1) is 20.8. The van der Waals surface area contributed by atoms with Crippen LogP contribution in [0.15, 0.2) is 53.5 Å². The van der Waals surface area contributed by atoms with Gasteiger partial charge in [-0.1, -0.05) is 17.7 Å². The van der Waals surface area contributed by atoms with Crippen LogP contribution in [0.2, 0.25) is 5.15 Å². The molecule has 1 heterocycles.